The largest absolute Gasteiger partial charge is 0.496 e. The Morgan fingerprint density at radius 3 is 2.47 bits per heavy atom. The van der Waals surface area contributed by atoms with E-state index in [9.17, 15) is 9.59 Å². The standard InChI is InChI=1S/C37H37IN4O5/c1-7-46-33-18-25(17-30(38)35(33)47-21-34(43)40-26-14-12-23(4)13-15-26)20-39-42-36(41-31-11-9-8-10-27(31)37(42)44)29-19-28(22(2)3)32(45-6)16-24(29)5/h8-20,22H,7,21H2,1-6H3,(H,40,43). The molecule has 242 valence electrons. The van der Waals surface area contributed by atoms with Gasteiger partial charge in [-0.1, -0.05) is 43.7 Å². The van der Waals surface area contributed by atoms with Gasteiger partial charge in [0.05, 0.1) is 34.4 Å². The number of nitrogens with zero attached hydrogens (tertiary/aromatic N) is 3. The van der Waals surface area contributed by atoms with Crippen LogP contribution in [0.2, 0.25) is 0 Å². The van der Waals surface area contributed by atoms with Crippen molar-refractivity contribution in [2.75, 3.05) is 25.6 Å². The Morgan fingerprint density at radius 2 is 1.77 bits per heavy atom. The molecule has 0 saturated heterocycles. The lowest BCUT2D eigenvalue weighted by Gasteiger charge is -2.17. The van der Waals surface area contributed by atoms with Crippen LogP contribution in [0.5, 0.6) is 17.2 Å². The molecule has 0 fully saturated rings. The maximum atomic E-state index is 13.9. The van der Waals surface area contributed by atoms with E-state index in [1.807, 2.05) is 81.4 Å². The van der Waals surface area contributed by atoms with E-state index < -0.39 is 0 Å². The maximum Gasteiger partial charge on any atom is 0.282 e. The van der Waals surface area contributed by atoms with Crippen molar-refractivity contribution in [1.82, 2.24) is 9.66 Å². The van der Waals surface area contributed by atoms with E-state index in [2.05, 4.69) is 46.9 Å². The summed E-state index contributed by atoms with van der Waals surface area (Å²) in [4.78, 5) is 31.4. The fourth-order valence-corrected chi connectivity index (χ4v) is 5.91. The van der Waals surface area contributed by atoms with Gasteiger partial charge in [0.15, 0.2) is 23.9 Å². The number of amides is 1. The number of aryl methyl sites for hydroxylation is 2. The minimum atomic E-state index is -0.289. The monoisotopic (exact) mass is 744 g/mol. The predicted molar refractivity (Wildman–Crippen MR) is 195 cm³/mol. The van der Waals surface area contributed by atoms with Crippen LogP contribution in [0, 0.1) is 17.4 Å². The molecule has 9 nitrogen and oxygen atoms in total. The maximum absolute atomic E-state index is 13.9. The molecule has 1 heterocycles. The highest BCUT2D eigenvalue weighted by Gasteiger charge is 2.19. The van der Waals surface area contributed by atoms with Gasteiger partial charge in [0.2, 0.25) is 0 Å². The number of halogens is 1. The Bertz CT molecular complexity index is 2020. The van der Waals surface area contributed by atoms with Gasteiger partial charge in [-0.15, -0.1) is 0 Å². The zero-order valence-corrected chi connectivity index (χ0v) is 29.4. The second-order valence-electron chi connectivity index (χ2n) is 11.3. The molecular weight excluding hydrogens is 707 g/mol. The lowest BCUT2D eigenvalue weighted by atomic mass is 9.96. The molecular formula is C37H37IN4O5. The Hall–Kier alpha value is -4.71. The van der Waals surface area contributed by atoms with Gasteiger partial charge in [0, 0.05) is 11.3 Å². The Kier molecular flexibility index (Phi) is 10.6. The van der Waals surface area contributed by atoms with Gasteiger partial charge in [0.25, 0.3) is 11.5 Å². The third-order valence-corrected chi connectivity index (χ3v) is 8.33. The molecule has 1 aromatic heterocycles. The van der Waals surface area contributed by atoms with Gasteiger partial charge < -0.3 is 19.5 Å². The van der Waals surface area contributed by atoms with Gasteiger partial charge in [-0.3, -0.25) is 9.59 Å². The summed E-state index contributed by atoms with van der Waals surface area (Å²) in [6, 6.07) is 22.4. The number of nitrogens with one attached hydrogen (secondary N) is 1. The summed E-state index contributed by atoms with van der Waals surface area (Å²) < 4.78 is 19.6. The van der Waals surface area contributed by atoms with Crippen LogP contribution in [0.1, 0.15) is 48.9 Å². The topological polar surface area (TPSA) is 104 Å². The average molecular weight is 745 g/mol. The van der Waals surface area contributed by atoms with Crippen LogP contribution in [-0.4, -0.2) is 42.1 Å². The predicted octanol–water partition coefficient (Wildman–Crippen LogP) is 7.72. The second-order valence-corrected chi connectivity index (χ2v) is 12.5. The summed E-state index contributed by atoms with van der Waals surface area (Å²) in [5, 5.41) is 7.98. The van der Waals surface area contributed by atoms with Crippen LogP contribution < -0.4 is 25.1 Å². The zero-order valence-electron chi connectivity index (χ0n) is 27.3. The molecule has 0 unspecified atom stereocenters. The van der Waals surface area contributed by atoms with E-state index in [4.69, 9.17) is 19.2 Å². The first-order valence-corrected chi connectivity index (χ1v) is 16.4. The van der Waals surface area contributed by atoms with E-state index in [0.717, 1.165) is 31.6 Å². The summed E-state index contributed by atoms with van der Waals surface area (Å²) in [7, 11) is 1.66. The zero-order chi connectivity index (χ0) is 33.7. The van der Waals surface area contributed by atoms with Gasteiger partial charge in [-0.25, -0.2) is 4.98 Å². The fourth-order valence-electron chi connectivity index (χ4n) is 5.13. The molecule has 1 amide bonds. The minimum absolute atomic E-state index is 0.182. The van der Waals surface area contributed by atoms with Crippen LogP contribution >= 0.6 is 22.6 Å². The first-order chi connectivity index (χ1) is 22.6. The lowest BCUT2D eigenvalue weighted by molar-refractivity contribution is -0.118. The van der Waals surface area contributed by atoms with Crippen molar-refractivity contribution in [2.24, 2.45) is 5.10 Å². The van der Waals surface area contributed by atoms with E-state index >= 15 is 0 Å². The highest BCUT2D eigenvalue weighted by molar-refractivity contribution is 14.1. The van der Waals surface area contributed by atoms with E-state index in [0.29, 0.717) is 46.1 Å². The van der Waals surface area contributed by atoms with Crippen LogP contribution in [0.25, 0.3) is 22.3 Å². The highest BCUT2D eigenvalue weighted by Crippen LogP contribution is 2.35. The molecule has 10 heteroatoms. The Labute approximate surface area is 287 Å². The van der Waals surface area contributed by atoms with Crippen molar-refractivity contribution in [3.63, 3.8) is 0 Å². The van der Waals surface area contributed by atoms with Gasteiger partial charge in [-0.05, 0) is 115 Å². The molecule has 5 aromatic rings. The van der Waals surface area contributed by atoms with Crippen LogP contribution in [-0.2, 0) is 4.79 Å². The van der Waals surface area contributed by atoms with Crippen LogP contribution in [0.3, 0.4) is 0 Å². The molecule has 4 aromatic carbocycles. The minimum Gasteiger partial charge on any atom is -0.496 e. The molecule has 0 aliphatic heterocycles. The molecule has 0 aliphatic rings. The second kappa shape index (κ2) is 14.8. The third-order valence-electron chi connectivity index (χ3n) is 7.53. The van der Waals surface area contributed by atoms with E-state index in [1.54, 1.807) is 25.5 Å². The summed E-state index contributed by atoms with van der Waals surface area (Å²) in [6.45, 7) is 10.2. The number of hydrogen-bond donors (Lipinski definition) is 1. The van der Waals surface area contributed by atoms with Crippen molar-refractivity contribution in [1.29, 1.82) is 0 Å². The first-order valence-electron chi connectivity index (χ1n) is 15.3. The number of ether oxygens (including phenoxy) is 3. The average Bonchev–Trinajstić information content (AvgIpc) is 3.04. The summed E-state index contributed by atoms with van der Waals surface area (Å²) in [5.74, 6) is 2.01. The summed E-state index contributed by atoms with van der Waals surface area (Å²) in [6.07, 6.45) is 1.60. The molecule has 5 rings (SSSR count). The quantitative estimate of drug-likeness (QED) is 0.110. The summed E-state index contributed by atoms with van der Waals surface area (Å²) >= 11 is 2.14. The van der Waals surface area contributed by atoms with Crippen molar-refractivity contribution >= 4 is 51.3 Å². The number of aromatic nitrogens is 2. The smallest absolute Gasteiger partial charge is 0.282 e. The van der Waals surface area contributed by atoms with Gasteiger partial charge in [-0.2, -0.15) is 9.78 Å². The van der Waals surface area contributed by atoms with Crippen molar-refractivity contribution < 1.29 is 19.0 Å². The van der Waals surface area contributed by atoms with Crippen LogP contribution in [0.4, 0.5) is 5.69 Å². The van der Waals surface area contributed by atoms with Crippen molar-refractivity contribution in [3.05, 3.63) is 109 Å². The molecule has 0 spiro atoms. The normalized spacial score (nSPS) is 11.3. The number of benzene rings is 4. The number of methoxy groups -OCH3 is 1. The number of carbonyl (C=O) groups excluding carboxylic acids is 1. The van der Waals surface area contributed by atoms with Gasteiger partial charge in [0.1, 0.15) is 5.75 Å². The number of hydrogen-bond acceptors (Lipinski definition) is 7. The molecule has 0 saturated carbocycles. The number of anilines is 1. The van der Waals surface area contributed by atoms with E-state index in [1.165, 1.54) is 4.68 Å². The number of fused-ring (bicyclic) bond motifs is 1. The first kappa shape index (κ1) is 33.6. The van der Waals surface area contributed by atoms with Crippen LogP contribution in [0.15, 0.2) is 82.7 Å². The summed E-state index contributed by atoms with van der Waals surface area (Å²) in [5.41, 5.74) is 5.46. The SMILES string of the molecule is CCOc1cc(C=Nn2c(-c3cc(C(C)C)c(OC)cc3C)nc3ccccc3c2=O)cc(I)c1OCC(=O)Nc1ccc(C)cc1. The molecule has 0 atom stereocenters. The number of rotatable bonds is 11. The number of carbonyl (C=O) groups is 1. The van der Waals surface area contributed by atoms with Gasteiger partial charge >= 0.3 is 0 Å². The fraction of sp³-hybridized carbons (Fsp3) is 0.243. The highest BCUT2D eigenvalue weighted by atomic mass is 127. The molecule has 0 bridgehead atoms. The number of para-hydroxylation sites is 1. The Balaban J connectivity index is 1.51. The molecule has 0 radical (unpaired) electrons. The van der Waals surface area contributed by atoms with Crippen molar-refractivity contribution in [3.8, 4) is 28.6 Å². The third kappa shape index (κ3) is 7.65. The lowest BCUT2D eigenvalue weighted by Crippen LogP contribution is -2.21. The Morgan fingerprint density at radius 1 is 1.02 bits per heavy atom. The van der Waals surface area contributed by atoms with E-state index in [-0.39, 0.29) is 24.0 Å². The molecule has 0 aliphatic carbocycles. The van der Waals surface area contributed by atoms with Crippen molar-refractivity contribution in [2.45, 2.75) is 40.5 Å². The molecule has 1 N–H and O–H groups in total. The molecule has 47 heavy (non-hydrogen) atoms.